The van der Waals surface area contributed by atoms with Crippen molar-refractivity contribution in [3.8, 4) is 0 Å². The molecule has 1 aliphatic rings. The number of amides is 4. The van der Waals surface area contributed by atoms with Crippen LogP contribution in [0.3, 0.4) is 0 Å². The van der Waals surface area contributed by atoms with Crippen molar-refractivity contribution in [2.75, 3.05) is 23.3 Å². The molecule has 4 rings (SSSR count). The molecule has 0 saturated carbocycles. The summed E-state index contributed by atoms with van der Waals surface area (Å²) >= 11 is 0. The van der Waals surface area contributed by atoms with E-state index in [4.69, 9.17) is 0 Å². The Labute approximate surface area is 239 Å². The minimum atomic E-state index is -0.916. The summed E-state index contributed by atoms with van der Waals surface area (Å²) in [6.45, 7) is 9.24. The Kier molecular flexibility index (Phi) is 9.05. The Morgan fingerprint density at radius 1 is 1.05 bits per heavy atom. The number of carbonyl (C=O) groups is 4. The first-order chi connectivity index (χ1) is 19.5. The molecule has 1 aliphatic heterocycles. The van der Waals surface area contributed by atoms with E-state index in [2.05, 4.69) is 10.6 Å². The van der Waals surface area contributed by atoms with Crippen molar-refractivity contribution in [1.82, 2.24) is 10.2 Å². The number of carbonyl (C=O) groups excluding carboxylic acids is 4. The number of halogens is 1. The van der Waals surface area contributed by atoms with Gasteiger partial charge in [0.1, 0.15) is 17.9 Å². The van der Waals surface area contributed by atoms with Crippen LogP contribution in [0.5, 0.6) is 0 Å². The van der Waals surface area contributed by atoms with Gasteiger partial charge < -0.3 is 20.4 Å². The molecule has 9 heteroatoms. The molecule has 0 spiro atoms. The van der Waals surface area contributed by atoms with E-state index in [1.807, 2.05) is 51.1 Å². The van der Waals surface area contributed by atoms with E-state index in [0.717, 1.165) is 16.3 Å². The summed E-state index contributed by atoms with van der Waals surface area (Å²) < 4.78 is 13.5. The molecule has 41 heavy (non-hydrogen) atoms. The van der Waals surface area contributed by atoms with Gasteiger partial charge in [-0.1, -0.05) is 57.2 Å². The molecule has 0 aliphatic carbocycles. The van der Waals surface area contributed by atoms with Crippen LogP contribution in [0.4, 0.5) is 15.8 Å². The molecule has 8 nitrogen and oxygen atoms in total. The fourth-order valence-corrected chi connectivity index (χ4v) is 5.49. The first-order valence-corrected chi connectivity index (χ1v) is 14.0. The number of piperazine rings is 1. The summed E-state index contributed by atoms with van der Waals surface area (Å²) in [5.74, 6) is -1.79. The van der Waals surface area contributed by atoms with Crippen LogP contribution in [0.2, 0.25) is 0 Å². The average Bonchev–Trinajstić information content (AvgIpc) is 2.94. The third kappa shape index (κ3) is 6.39. The lowest BCUT2D eigenvalue weighted by Crippen LogP contribution is -2.64. The zero-order valence-electron chi connectivity index (χ0n) is 24.2. The van der Waals surface area contributed by atoms with Gasteiger partial charge in [0.25, 0.3) is 0 Å². The highest BCUT2D eigenvalue weighted by atomic mass is 19.1. The van der Waals surface area contributed by atoms with E-state index in [-0.39, 0.29) is 55.5 Å². The Bertz CT molecular complexity index is 1470. The van der Waals surface area contributed by atoms with Crippen LogP contribution in [0.25, 0.3) is 10.8 Å². The second kappa shape index (κ2) is 12.5. The van der Waals surface area contributed by atoms with E-state index in [1.54, 1.807) is 28.9 Å². The normalized spacial score (nSPS) is 16.2. The maximum Gasteiger partial charge on any atom is 0.250 e. The molecular formula is C32H37FN4O4. The Hall–Kier alpha value is -4.27. The highest BCUT2D eigenvalue weighted by molar-refractivity contribution is 6.09. The van der Waals surface area contributed by atoms with Crippen molar-refractivity contribution in [3.05, 3.63) is 71.5 Å². The van der Waals surface area contributed by atoms with Crippen molar-refractivity contribution in [2.45, 2.75) is 59.5 Å². The predicted molar refractivity (Wildman–Crippen MR) is 158 cm³/mol. The summed E-state index contributed by atoms with van der Waals surface area (Å²) in [4.78, 5) is 55.8. The van der Waals surface area contributed by atoms with Crippen LogP contribution in [0.15, 0.2) is 54.6 Å². The van der Waals surface area contributed by atoms with Crippen LogP contribution in [0.1, 0.15) is 45.2 Å². The van der Waals surface area contributed by atoms with E-state index in [0.29, 0.717) is 16.9 Å². The molecule has 3 aromatic rings. The van der Waals surface area contributed by atoms with E-state index in [9.17, 15) is 23.6 Å². The highest BCUT2D eigenvalue weighted by Crippen LogP contribution is 2.38. The fraction of sp³-hybridized carbons (Fsp3) is 0.375. The molecule has 1 fully saturated rings. The molecule has 2 N–H and O–H groups in total. The first kappa shape index (κ1) is 29.7. The van der Waals surface area contributed by atoms with Crippen LogP contribution < -0.4 is 15.5 Å². The zero-order valence-corrected chi connectivity index (χ0v) is 24.2. The number of nitrogens with zero attached hydrogens (tertiary/aromatic N) is 2. The van der Waals surface area contributed by atoms with Gasteiger partial charge in [-0.05, 0) is 52.9 Å². The van der Waals surface area contributed by atoms with E-state index < -0.39 is 17.9 Å². The molecule has 0 bridgehead atoms. The maximum absolute atomic E-state index is 14.2. The topological polar surface area (TPSA) is 98.8 Å². The van der Waals surface area contributed by atoms with Gasteiger partial charge in [-0.3, -0.25) is 19.2 Å². The number of nitrogens with one attached hydrogen (secondary N) is 2. The summed E-state index contributed by atoms with van der Waals surface area (Å²) in [6.07, 6.45) is 0.449. The van der Waals surface area contributed by atoms with E-state index in [1.165, 1.54) is 19.1 Å². The quantitative estimate of drug-likeness (QED) is 0.421. The van der Waals surface area contributed by atoms with Crippen molar-refractivity contribution in [2.24, 2.45) is 5.92 Å². The van der Waals surface area contributed by atoms with Crippen molar-refractivity contribution >= 4 is 45.8 Å². The van der Waals surface area contributed by atoms with Gasteiger partial charge in [0.05, 0.1) is 11.4 Å². The van der Waals surface area contributed by atoms with Crippen LogP contribution >= 0.6 is 0 Å². The van der Waals surface area contributed by atoms with Crippen LogP contribution in [-0.2, 0) is 25.6 Å². The summed E-state index contributed by atoms with van der Waals surface area (Å²) in [5, 5.41) is 7.64. The van der Waals surface area contributed by atoms with Crippen molar-refractivity contribution in [1.29, 1.82) is 0 Å². The Morgan fingerprint density at radius 2 is 1.73 bits per heavy atom. The van der Waals surface area contributed by atoms with Gasteiger partial charge in [-0.15, -0.1) is 0 Å². The zero-order chi connectivity index (χ0) is 29.8. The van der Waals surface area contributed by atoms with Crippen molar-refractivity contribution < 1.29 is 23.6 Å². The molecule has 1 heterocycles. The standard InChI is InChI=1S/C32H37FN4O4/c1-6-28(39)35-29-20(4)25-10-8-7-9-23(25)18-27(29)36-15-16-37(30(19(2)3)32(36)41)31(40)26(34-21(5)38)17-22-11-13-24(33)14-12-22/h7-14,18-19,26,30H,6,15-17H2,1-5H3,(H,34,38)(H,35,39). The number of anilines is 2. The summed E-state index contributed by atoms with van der Waals surface area (Å²) in [7, 11) is 0. The fourth-order valence-electron chi connectivity index (χ4n) is 5.49. The van der Waals surface area contributed by atoms with E-state index >= 15 is 0 Å². The number of hydrogen-bond acceptors (Lipinski definition) is 4. The minimum absolute atomic E-state index is 0.162. The van der Waals surface area contributed by atoms with Gasteiger partial charge >= 0.3 is 0 Å². The monoisotopic (exact) mass is 560 g/mol. The number of rotatable bonds is 8. The summed E-state index contributed by atoms with van der Waals surface area (Å²) in [6, 6.07) is 13.8. The number of benzene rings is 3. The highest BCUT2D eigenvalue weighted by Gasteiger charge is 2.42. The first-order valence-electron chi connectivity index (χ1n) is 14.0. The van der Waals surface area contributed by atoms with Crippen LogP contribution in [0, 0.1) is 18.7 Å². The SMILES string of the molecule is CCC(=O)Nc1c(N2CCN(C(=O)C(Cc3ccc(F)cc3)NC(C)=O)C(C(C)C)C2=O)cc2ccccc2c1C. The Morgan fingerprint density at radius 3 is 2.37 bits per heavy atom. The smallest absolute Gasteiger partial charge is 0.250 e. The molecular weight excluding hydrogens is 523 g/mol. The number of fused-ring (bicyclic) bond motifs is 1. The van der Waals surface area contributed by atoms with Gasteiger partial charge in [0.2, 0.25) is 23.6 Å². The number of aryl methyl sites for hydroxylation is 1. The molecule has 216 valence electrons. The average molecular weight is 561 g/mol. The summed E-state index contributed by atoms with van der Waals surface area (Å²) in [5.41, 5.74) is 2.72. The lowest BCUT2D eigenvalue weighted by atomic mass is 9.94. The van der Waals surface area contributed by atoms with Gasteiger partial charge in [-0.2, -0.15) is 0 Å². The minimum Gasteiger partial charge on any atom is -0.344 e. The molecule has 3 aromatic carbocycles. The molecule has 0 aromatic heterocycles. The largest absolute Gasteiger partial charge is 0.344 e. The van der Waals surface area contributed by atoms with Crippen molar-refractivity contribution in [3.63, 3.8) is 0 Å². The second-order valence-corrected chi connectivity index (χ2v) is 10.8. The van der Waals surface area contributed by atoms with Gasteiger partial charge in [-0.25, -0.2) is 4.39 Å². The van der Waals surface area contributed by atoms with Crippen LogP contribution in [-0.4, -0.2) is 53.7 Å². The third-order valence-corrected chi connectivity index (χ3v) is 7.53. The molecule has 1 saturated heterocycles. The maximum atomic E-state index is 14.2. The van der Waals surface area contributed by atoms with Gasteiger partial charge in [0, 0.05) is 32.9 Å². The molecule has 2 unspecified atom stereocenters. The lowest BCUT2D eigenvalue weighted by molar-refractivity contribution is -0.145. The molecule has 2 atom stereocenters. The second-order valence-electron chi connectivity index (χ2n) is 10.8. The lowest BCUT2D eigenvalue weighted by Gasteiger charge is -2.44. The predicted octanol–water partition coefficient (Wildman–Crippen LogP) is 4.58. The van der Waals surface area contributed by atoms with Gasteiger partial charge in [0.15, 0.2) is 0 Å². The molecule has 4 amide bonds. The third-order valence-electron chi connectivity index (χ3n) is 7.53. The molecule has 0 radical (unpaired) electrons. The Balaban J connectivity index is 1.70. The number of hydrogen-bond donors (Lipinski definition) is 2.